The third-order valence-electron chi connectivity index (χ3n) is 9.52. The Morgan fingerprint density at radius 1 is 1.13 bits per heavy atom. The summed E-state index contributed by atoms with van der Waals surface area (Å²) in [6, 6.07) is 9.69. The number of rotatable bonds is 9. The van der Waals surface area contributed by atoms with Crippen molar-refractivity contribution < 1.29 is 18.7 Å². The number of amides is 2. The molecule has 2 heterocycles. The number of ether oxygens (including phenoxy) is 1. The number of nitrogens with zero attached hydrogens (tertiary/aromatic N) is 2. The fourth-order valence-electron chi connectivity index (χ4n) is 6.68. The van der Waals surface area contributed by atoms with E-state index in [2.05, 4.69) is 17.1 Å². The summed E-state index contributed by atoms with van der Waals surface area (Å²) in [7, 11) is 0. The molecule has 45 heavy (non-hydrogen) atoms. The van der Waals surface area contributed by atoms with E-state index >= 15 is 4.39 Å². The number of nitrogens with one attached hydrogen (secondary N) is 3. The van der Waals surface area contributed by atoms with Gasteiger partial charge >= 0.3 is 0 Å². The molecule has 1 saturated carbocycles. The number of carbonyl (C=O) groups excluding carboxylic acids is 2. The summed E-state index contributed by atoms with van der Waals surface area (Å²) >= 11 is 1.12. The number of benzene rings is 2. The van der Waals surface area contributed by atoms with Crippen LogP contribution < -0.4 is 10.1 Å². The molecule has 242 valence electrons. The van der Waals surface area contributed by atoms with Gasteiger partial charge in [0.05, 0.1) is 10.6 Å². The first kappa shape index (κ1) is 33.1. The number of likely N-dealkylation sites (tertiary alicyclic amines) is 2. The molecule has 0 bridgehead atoms. The van der Waals surface area contributed by atoms with Crippen molar-refractivity contribution in [1.82, 2.24) is 15.1 Å². The number of halogens is 1. The van der Waals surface area contributed by atoms with Gasteiger partial charge in [-0.1, -0.05) is 45.4 Å². The highest BCUT2D eigenvalue weighted by atomic mass is 32.2. The van der Waals surface area contributed by atoms with E-state index in [9.17, 15) is 9.59 Å². The van der Waals surface area contributed by atoms with E-state index < -0.39 is 11.7 Å². The highest BCUT2D eigenvalue weighted by Gasteiger charge is 2.37. The first-order valence-electron chi connectivity index (χ1n) is 16.2. The molecule has 2 aromatic carbocycles. The summed E-state index contributed by atoms with van der Waals surface area (Å²) in [5.74, 6) is -0.0501. The third-order valence-corrected chi connectivity index (χ3v) is 10.7. The monoisotopic (exact) mass is 635 g/mol. The van der Waals surface area contributed by atoms with Crippen LogP contribution in [0.3, 0.4) is 0 Å². The molecule has 1 atom stereocenters. The summed E-state index contributed by atoms with van der Waals surface area (Å²) in [4.78, 5) is 30.3. The maximum Gasteiger partial charge on any atom is 0.254 e. The van der Waals surface area contributed by atoms with Gasteiger partial charge in [0, 0.05) is 61.2 Å². The van der Waals surface area contributed by atoms with Crippen LogP contribution in [0, 0.1) is 28.5 Å². The minimum absolute atomic E-state index is 0.0146. The molecule has 0 spiro atoms. The van der Waals surface area contributed by atoms with Crippen LogP contribution >= 0.6 is 11.8 Å². The highest BCUT2D eigenvalue weighted by Crippen LogP contribution is 2.37. The molecule has 5 rings (SSSR count). The van der Waals surface area contributed by atoms with Crippen molar-refractivity contribution >= 4 is 33.7 Å². The standard InChI is InChI=1S/C35H46FN5O3S/c1-22(2)32(37)45-33(38)24-7-9-27(10-8-24)44-30-19-28(29(36)18-25(30)21-40-20-23(3)17-31(40)42)34(43)39-26-11-15-41(16-12-26)35(4)13-5-6-14-35/h7-10,18-19,22-23,26,37-38H,5-6,11-17,20-21H2,1-4H3,(H,39,43)/t23-/m0/s1. The number of piperidine rings is 1. The van der Waals surface area contributed by atoms with Gasteiger partial charge in [-0.2, -0.15) is 0 Å². The molecule has 0 radical (unpaired) electrons. The molecule has 10 heteroatoms. The van der Waals surface area contributed by atoms with E-state index in [1.807, 2.05) is 20.8 Å². The Labute approximate surface area is 270 Å². The van der Waals surface area contributed by atoms with Gasteiger partial charge in [-0.3, -0.25) is 25.3 Å². The van der Waals surface area contributed by atoms with E-state index in [-0.39, 0.29) is 46.5 Å². The van der Waals surface area contributed by atoms with Gasteiger partial charge in [-0.05, 0) is 74.9 Å². The minimum atomic E-state index is -0.640. The lowest BCUT2D eigenvalue weighted by Crippen LogP contribution is -2.52. The normalized spacial score (nSPS) is 20.5. The molecule has 2 saturated heterocycles. The first-order valence-corrected chi connectivity index (χ1v) is 17.0. The molecule has 2 amide bonds. The lowest BCUT2D eigenvalue weighted by Gasteiger charge is -2.43. The second-order valence-corrected chi connectivity index (χ2v) is 14.6. The number of hydrogen-bond donors (Lipinski definition) is 3. The number of hydrogen-bond acceptors (Lipinski definition) is 7. The Morgan fingerprint density at radius 2 is 1.80 bits per heavy atom. The summed E-state index contributed by atoms with van der Waals surface area (Å²) in [5.41, 5.74) is 1.32. The zero-order valence-corrected chi connectivity index (χ0v) is 27.7. The second kappa shape index (κ2) is 14.0. The predicted molar refractivity (Wildman–Crippen MR) is 178 cm³/mol. The molecule has 0 unspecified atom stereocenters. The maximum absolute atomic E-state index is 15.6. The van der Waals surface area contributed by atoms with Crippen LogP contribution in [0.25, 0.3) is 0 Å². The fourth-order valence-corrected chi connectivity index (χ4v) is 7.39. The van der Waals surface area contributed by atoms with Crippen molar-refractivity contribution in [1.29, 1.82) is 10.8 Å². The number of carbonyl (C=O) groups is 2. The van der Waals surface area contributed by atoms with Crippen molar-refractivity contribution in [2.24, 2.45) is 11.8 Å². The van der Waals surface area contributed by atoms with Crippen molar-refractivity contribution in [3.05, 3.63) is 58.9 Å². The van der Waals surface area contributed by atoms with E-state index in [0.29, 0.717) is 40.6 Å². The zero-order chi connectivity index (χ0) is 32.3. The average Bonchev–Trinajstić information content (AvgIpc) is 3.59. The highest BCUT2D eigenvalue weighted by molar-refractivity contribution is 8.26. The summed E-state index contributed by atoms with van der Waals surface area (Å²) in [6.45, 7) is 10.8. The molecule has 3 fully saturated rings. The van der Waals surface area contributed by atoms with Crippen LogP contribution in [0.5, 0.6) is 11.5 Å². The Morgan fingerprint density at radius 3 is 2.40 bits per heavy atom. The summed E-state index contributed by atoms with van der Waals surface area (Å²) in [6.07, 6.45) is 7.10. The smallest absolute Gasteiger partial charge is 0.254 e. The topological polar surface area (TPSA) is 110 Å². The Kier molecular flexibility index (Phi) is 10.3. The van der Waals surface area contributed by atoms with Crippen LogP contribution in [-0.2, 0) is 11.3 Å². The van der Waals surface area contributed by atoms with Gasteiger partial charge in [-0.25, -0.2) is 4.39 Å². The van der Waals surface area contributed by atoms with Crippen LogP contribution in [0.1, 0.15) is 94.1 Å². The molecule has 0 aromatic heterocycles. The van der Waals surface area contributed by atoms with Gasteiger partial charge in [0.25, 0.3) is 5.91 Å². The van der Waals surface area contributed by atoms with Crippen LogP contribution in [0.2, 0.25) is 0 Å². The first-order chi connectivity index (χ1) is 21.4. The van der Waals surface area contributed by atoms with E-state index in [4.69, 9.17) is 15.6 Å². The van der Waals surface area contributed by atoms with Crippen LogP contribution in [0.4, 0.5) is 4.39 Å². The second-order valence-electron chi connectivity index (χ2n) is 13.5. The largest absolute Gasteiger partial charge is 0.457 e. The Hall–Kier alpha value is -3.24. The molecule has 2 aliphatic heterocycles. The van der Waals surface area contributed by atoms with Crippen LogP contribution in [0.15, 0.2) is 36.4 Å². The summed E-state index contributed by atoms with van der Waals surface area (Å²) in [5, 5.41) is 20.2. The van der Waals surface area contributed by atoms with Gasteiger partial charge < -0.3 is 15.0 Å². The van der Waals surface area contributed by atoms with Crippen molar-refractivity contribution in [3.63, 3.8) is 0 Å². The molecular weight excluding hydrogens is 589 g/mol. The number of thioether (sulfide) groups is 1. The molecule has 2 aromatic rings. The van der Waals surface area contributed by atoms with Gasteiger partial charge in [0.1, 0.15) is 22.4 Å². The quantitative estimate of drug-likeness (QED) is 0.199. The van der Waals surface area contributed by atoms with Crippen molar-refractivity contribution in [3.8, 4) is 11.5 Å². The average molecular weight is 636 g/mol. The zero-order valence-electron chi connectivity index (χ0n) is 26.9. The molecular formula is C35H46FN5O3S. The van der Waals surface area contributed by atoms with Crippen molar-refractivity contribution in [2.45, 2.75) is 90.8 Å². The van der Waals surface area contributed by atoms with Crippen molar-refractivity contribution in [2.75, 3.05) is 19.6 Å². The van der Waals surface area contributed by atoms with Gasteiger partial charge in [-0.15, -0.1) is 0 Å². The summed E-state index contributed by atoms with van der Waals surface area (Å²) < 4.78 is 21.8. The molecule has 3 N–H and O–H groups in total. The lowest BCUT2D eigenvalue weighted by atomic mass is 9.93. The Bertz CT molecular complexity index is 1430. The molecule has 8 nitrogen and oxygen atoms in total. The minimum Gasteiger partial charge on any atom is -0.457 e. The van der Waals surface area contributed by atoms with Gasteiger partial charge in [0.15, 0.2) is 0 Å². The Balaban J connectivity index is 1.32. The fraction of sp³-hybridized carbons (Fsp3) is 0.543. The lowest BCUT2D eigenvalue weighted by molar-refractivity contribution is -0.128. The third kappa shape index (κ3) is 7.95. The molecule has 1 aliphatic carbocycles. The van der Waals surface area contributed by atoms with E-state index in [1.54, 1.807) is 29.2 Å². The maximum atomic E-state index is 15.6. The van der Waals surface area contributed by atoms with E-state index in [0.717, 1.165) is 37.7 Å². The SMILES string of the molecule is CC(C)C(=N)SC(=N)c1ccc(Oc2cc(C(=O)NC3CCN(C4(C)CCCC4)CC3)c(F)cc2CN2C[C@@H](C)CC2=O)cc1. The molecule has 3 aliphatic rings. The van der Waals surface area contributed by atoms with E-state index in [1.165, 1.54) is 37.8 Å². The van der Waals surface area contributed by atoms with Crippen LogP contribution in [-0.4, -0.2) is 62.9 Å². The van der Waals surface area contributed by atoms with Gasteiger partial charge in [0.2, 0.25) is 5.91 Å². The predicted octanol–water partition coefficient (Wildman–Crippen LogP) is 7.21.